The first kappa shape index (κ1) is 25.2. The first-order chi connectivity index (χ1) is 22.8. The fourth-order valence-electron chi connectivity index (χ4n) is 7.57. The smallest absolute Gasteiger partial charge is 0.0547 e. The third kappa shape index (κ3) is 3.65. The Hall–Kier alpha value is -6.12. The molecule has 10 aromatic rings. The average molecular weight is 585 g/mol. The summed E-state index contributed by atoms with van der Waals surface area (Å²) in [6.45, 7) is 0. The molecule has 0 amide bonds. The van der Waals surface area contributed by atoms with Crippen LogP contribution in [0.15, 0.2) is 170 Å². The van der Waals surface area contributed by atoms with Crippen molar-refractivity contribution in [1.29, 1.82) is 0 Å². The Morgan fingerprint density at radius 3 is 1.76 bits per heavy atom. The second-order valence-corrected chi connectivity index (χ2v) is 12.2. The van der Waals surface area contributed by atoms with E-state index >= 15 is 0 Å². The van der Waals surface area contributed by atoms with E-state index in [9.17, 15) is 0 Å². The number of aromatic nitrogens is 2. The third-order valence-corrected chi connectivity index (χ3v) is 9.67. The molecule has 0 radical (unpaired) electrons. The summed E-state index contributed by atoms with van der Waals surface area (Å²) >= 11 is 0. The second kappa shape index (κ2) is 9.69. The minimum absolute atomic E-state index is 1.17. The molecular weight excluding hydrogens is 556 g/mol. The fourth-order valence-corrected chi connectivity index (χ4v) is 7.57. The van der Waals surface area contributed by atoms with E-state index in [4.69, 9.17) is 0 Å². The van der Waals surface area contributed by atoms with Gasteiger partial charge in [-0.2, -0.15) is 0 Å². The Morgan fingerprint density at radius 1 is 0.283 bits per heavy atom. The molecule has 0 aliphatic heterocycles. The van der Waals surface area contributed by atoms with Crippen LogP contribution in [0.2, 0.25) is 0 Å². The van der Waals surface area contributed by atoms with E-state index in [-0.39, 0.29) is 0 Å². The molecule has 0 bridgehead atoms. The molecule has 10 rings (SSSR count). The lowest BCUT2D eigenvalue weighted by atomic mass is 9.97. The van der Waals surface area contributed by atoms with Crippen LogP contribution in [-0.4, -0.2) is 9.13 Å². The highest BCUT2D eigenvalue weighted by atomic mass is 15.0. The summed E-state index contributed by atoms with van der Waals surface area (Å²) in [7, 11) is 0. The number of benzene rings is 8. The van der Waals surface area contributed by atoms with E-state index in [1.165, 1.54) is 87.7 Å². The van der Waals surface area contributed by atoms with E-state index in [1.54, 1.807) is 0 Å². The highest BCUT2D eigenvalue weighted by molar-refractivity contribution is 6.22. The molecule has 0 aliphatic carbocycles. The maximum atomic E-state index is 2.42. The van der Waals surface area contributed by atoms with E-state index < -0.39 is 0 Å². The molecule has 0 N–H and O–H groups in total. The molecule has 0 saturated carbocycles. The molecule has 0 aliphatic rings. The predicted octanol–water partition coefficient (Wildman–Crippen LogP) is 11.9. The van der Waals surface area contributed by atoms with Crippen LogP contribution in [0.3, 0.4) is 0 Å². The quantitative estimate of drug-likeness (QED) is 0.195. The molecule has 2 heteroatoms. The Bertz CT molecular complexity index is 2800. The summed E-state index contributed by atoms with van der Waals surface area (Å²) in [4.78, 5) is 0. The summed E-state index contributed by atoms with van der Waals surface area (Å²) in [5.74, 6) is 0. The van der Waals surface area contributed by atoms with Crippen molar-refractivity contribution in [2.24, 2.45) is 0 Å². The Balaban J connectivity index is 1.22. The van der Waals surface area contributed by atoms with Gasteiger partial charge in [-0.25, -0.2) is 0 Å². The number of hydrogen-bond donors (Lipinski definition) is 0. The zero-order chi connectivity index (χ0) is 30.2. The van der Waals surface area contributed by atoms with Crippen molar-refractivity contribution in [3.63, 3.8) is 0 Å². The topological polar surface area (TPSA) is 9.86 Å². The van der Waals surface area contributed by atoms with Gasteiger partial charge in [0.1, 0.15) is 0 Å². The molecular formula is C44H28N2. The van der Waals surface area contributed by atoms with Crippen LogP contribution >= 0.6 is 0 Å². The highest BCUT2D eigenvalue weighted by Crippen LogP contribution is 2.40. The third-order valence-electron chi connectivity index (χ3n) is 9.67. The number of fused-ring (bicyclic) bond motifs is 9. The first-order valence-electron chi connectivity index (χ1n) is 15.9. The largest absolute Gasteiger partial charge is 0.309 e. The van der Waals surface area contributed by atoms with Gasteiger partial charge < -0.3 is 9.13 Å². The molecule has 8 aromatic carbocycles. The number of para-hydroxylation sites is 3. The van der Waals surface area contributed by atoms with E-state index in [0.29, 0.717) is 0 Å². The summed E-state index contributed by atoms with van der Waals surface area (Å²) in [5, 5.41) is 10.1. The van der Waals surface area contributed by atoms with Crippen molar-refractivity contribution < 1.29 is 0 Å². The Morgan fingerprint density at radius 2 is 0.891 bits per heavy atom. The van der Waals surface area contributed by atoms with Crippen LogP contribution in [0.5, 0.6) is 0 Å². The molecule has 0 fully saturated rings. The molecule has 0 unspecified atom stereocenters. The van der Waals surface area contributed by atoms with Crippen LogP contribution < -0.4 is 0 Å². The average Bonchev–Trinajstić information content (AvgIpc) is 3.64. The number of nitrogens with zero attached hydrogens (tertiary/aromatic N) is 2. The summed E-state index contributed by atoms with van der Waals surface area (Å²) in [5.41, 5.74) is 9.67. The maximum Gasteiger partial charge on any atom is 0.0547 e. The van der Waals surface area contributed by atoms with Crippen molar-refractivity contribution in [3.05, 3.63) is 170 Å². The van der Waals surface area contributed by atoms with Crippen LogP contribution in [0.1, 0.15) is 0 Å². The van der Waals surface area contributed by atoms with Crippen molar-refractivity contribution in [2.45, 2.75) is 0 Å². The van der Waals surface area contributed by atoms with Gasteiger partial charge in [-0.3, -0.25) is 0 Å². The molecule has 0 saturated heterocycles. The van der Waals surface area contributed by atoms with Gasteiger partial charge >= 0.3 is 0 Å². The number of hydrogen-bond acceptors (Lipinski definition) is 0. The molecule has 2 nitrogen and oxygen atoms in total. The lowest BCUT2D eigenvalue weighted by molar-refractivity contribution is 1.18. The van der Waals surface area contributed by atoms with Gasteiger partial charge in [0, 0.05) is 32.9 Å². The summed E-state index contributed by atoms with van der Waals surface area (Å²) in [6.07, 6.45) is 0. The summed E-state index contributed by atoms with van der Waals surface area (Å²) < 4.78 is 4.82. The van der Waals surface area contributed by atoms with Gasteiger partial charge in [-0.15, -0.1) is 0 Å². The van der Waals surface area contributed by atoms with Crippen molar-refractivity contribution in [3.8, 4) is 22.5 Å². The van der Waals surface area contributed by atoms with Gasteiger partial charge in [-0.05, 0) is 87.3 Å². The van der Waals surface area contributed by atoms with Crippen molar-refractivity contribution in [1.82, 2.24) is 9.13 Å². The van der Waals surface area contributed by atoms with Crippen molar-refractivity contribution in [2.75, 3.05) is 0 Å². The lowest BCUT2D eigenvalue weighted by Crippen LogP contribution is -1.94. The molecule has 2 aromatic heterocycles. The van der Waals surface area contributed by atoms with Gasteiger partial charge in [0.05, 0.1) is 22.1 Å². The maximum absolute atomic E-state index is 2.42. The van der Waals surface area contributed by atoms with Crippen LogP contribution in [0.4, 0.5) is 0 Å². The highest BCUT2D eigenvalue weighted by Gasteiger charge is 2.17. The van der Waals surface area contributed by atoms with Crippen LogP contribution in [0, 0.1) is 0 Å². The molecule has 214 valence electrons. The second-order valence-electron chi connectivity index (χ2n) is 12.2. The molecule has 46 heavy (non-hydrogen) atoms. The van der Waals surface area contributed by atoms with E-state index in [2.05, 4.69) is 179 Å². The van der Waals surface area contributed by atoms with Gasteiger partial charge in [0.25, 0.3) is 0 Å². The Labute approximate surface area is 266 Å². The van der Waals surface area contributed by atoms with Gasteiger partial charge in [0.2, 0.25) is 0 Å². The molecule has 0 spiro atoms. The standard InChI is InChI=1S/C44H28N2/c1-2-12-34(13-3-1)45-40-16-8-6-14-36(40)37-24-21-33(28-43(37)45)32-19-18-30-22-25-42-44(39(30)27-32)38-15-7-9-17-41(38)46(42)35-23-20-29-10-4-5-11-31(29)26-35/h1-28H. The molecule has 2 heterocycles. The Kier molecular flexibility index (Phi) is 5.31. The van der Waals surface area contributed by atoms with Gasteiger partial charge in [-0.1, -0.05) is 115 Å². The normalized spacial score (nSPS) is 11.9. The zero-order valence-electron chi connectivity index (χ0n) is 25.1. The predicted molar refractivity (Wildman–Crippen MR) is 196 cm³/mol. The summed E-state index contributed by atoms with van der Waals surface area (Å²) in [6, 6.07) is 62.0. The first-order valence-corrected chi connectivity index (χ1v) is 15.9. The van der Waals surface area contributed by atoms with Crippen molar-refractivity contribution >= 4 is 65.2 Å². The van der Waals surface area contributed by atoms with Gasteiger partial charge in [0.15, 0.2) is 0 Å². The minimum atomic E-state index is 1.17. The monoisotopic (exact) mass is 584 g/mol. The minimum Gasteiger partial charge on any atom is -0.309 e. The zero-order valence-corrected chi connectivity index (χ0v) is 25.1. The number of rotatable bonds is 3. The SMILES string of the molecule is c1ccc(-n2c3ccccc3c3ccc(-c4ccc5ccc6c(c5c4)c4ccccc4n6-c4ccc5ccccc5c4)cc32)cc1. The van der Waals surface area contributed by atoms with E-state index in [0.717, 1.165) is 0 Å². The van der Waals surface area contributed by atoms with Crippen LogP contribution in [0.25, 0.3) is 87.7 Å². The van der Waals surface area contributed by atoms with E-state index in [1.807, 2.05) is 0 Å². The lowest BCUT2D eigenvalue weighted by Gasteiger charge is -2.11. The van der Waals surface area contributed by atoms with Crippen LogP contribution in [-0.2, 0) is 0 Å². The molecule has 0 atom stereocenters. The fraction of sp³-hybridized carbons (Fsp3) is 0.